The summed E-state index contributed by atoms with van der Waals surface area (Å²) < 4.78 is 0. The summed E-state index contributed by atoms with van der Waals surface area (Å²) in [4.78, 5) is 0. The van der Waals surface area contributed by atoms with Crippen molar-refractivity contribution < 1.29 is 10.2 Å². The predicted molar refractivity (Wildman–Crippen MR) is 62.5 cm³/mol. The Morgan fingerprint density at radius 2 is 1.87 bits per heavy atom. The zero-order valence-corrected chi connectivity index (χ0v) is 9.80. The van der Waals surface area contributed by atoms with Crippen LogP contribution in [0.15, 0.2) is 6.07 Å². The fourth-order valence-corrected chi connectivity index (χ4v) is 1.86. The molecule has 0 aliphatic carbocycles. The van der Waals surface area contributed by atoms with Crippen LogP contribution in [0.5, 0.6) is 11.5 Å². The maximum Gasteiger partial charge on any atom is 0.122 e. The van der Waals surface area contributed by atoms with Crippen molar-refractivity contribution >= 4 is 0 Å². The molecule has 0 spiro atoms. The minimum absolute atomic E-state index is 0.302. The Morgan fingerprint density at radius 3 is 2.40 bits per heavy atom. The van der Waals surface area contributed by atoms with E-state index in [0.717, 1.165) is 42.4 Å². The molecule has 2 heteroatoms. The summed E-state index contributed by atoms with van der Waals surface area (Å²) >= 11 is 0. The van der Waals surface area contributed by atoms with E-state index in [4.69, 9.17) is 0 Å². The molecule has 0 saturated heterocycles. The average molecular weight is 208 g/mol. The molecule has 1 aromatic carbocycles. The van der Waals surface area contributed by atoms with Crippen molar-refractivity contribution in [1.29, 1.82) is 0 Å². The highest BCUT2D eigenvalue weighted by atomic mass is 16.3. The molecule has 1 rings (SSSR count). The fraction of sp³-hybridized carbons (Fsp3) is 0.538. The summed E-state index contributed by atoms with van der Waals surface area (Å²) in [5.41, 5.74) is 2.55. The Balaban J connectivity index is 3.12. The van der Waals surface area contributed by atoms with E-state index >= 15 is 0 Å². The third-order valence-electron chi connectivity index (χ3n) is 2.89. The molecule has 15 heavy (non-hydrogen) atoms. The highest BCUT2D eigenvalue weighted by Crippen LogP contribution is 2.33. The Hall–Kier alpha value is -1.18. The Morgan fingerprint density at radius 1 is 1.20 bits per heavy atom. The molecule has 0 amide bonds. The molecule has 0 saturated carbocycles. The summed E-state index contributed by atoms with van der Waals surface area (Å²) in [6.07, 6.45) is 3.73. The van der Waals surface area contributed by atoms with Gasteiger partial charge in [0, 0.05) is 5.56 Å². The van der Waals surface area contributed by atoms with Gasteiger partial charge >= 0.3 is 0 Å². The quantitative estimate of drug-likeness (QED) is 0.745. The number of rotatable bonds is 4. The van der Waals surface area contributed by atoms with Gasteiger partial charge in [-0.2, -0.15) is 0 Å². The van der Waals surface area contributed by atoms with Gasteiger partial charge in [0.15, 0.2) is 0 Å². The lowest BCUT2D eigenvalue weighted by Gasteiger charge is -2.13. The van der Waals surface area contributed by atoms with Crippen molar-refractivity contribution in [3.63, 3.8) is 0 Å². The highest BCUT2D eigenvalue weighted by molar-refractivity contribution is 5.52. The molecule has 0 atom stereocenters. The number of hydrogen-bond acceptors (Lipinski definition) is 2. The normalized spacial score (nSPS) is 10.6. The molecule has 0 heterocycles. The van der Waals surface area contributed by atoms with Gasteiger partial charge in [0.2, 0.25) is 0 Å². The number of hydrogen-bond donors (Lipinski definition) is 2. The van der Waals surface area contributed by atoms with Crippen LogP contribution in [-0.4, -0.2) is 10.2 Å². The third kappa shape index (κ3) is 2.44. The molecular formula is C13H20O2. The summed E-state index contributed by atoms with van der Waals surface area (Å²) in [7, 11) is 0. The highest BCUT2D eigenvalue weighted by Gasteiger charge is 2.12. The molecule has 0 bridgehead atoms. The van der Waals surface area contributed by atoms with Crippen LogP contribution in [0.4, 0.5) is 0 Å². The Bertz CT molecular complexity index is 343. The van der Waals surface area contributed by atoms with Crippen molar-refractivity contribution in [2.75, 3.05) is 0 Å². The Kier molecular flexibility index (Phi) is 4.01. The van der Waals surface area contributed by atoms with Gasteiger partial charge in [0.25, 0.3) is 0 Å². The van der Waals surface area contributed by atoms with E-state index < -0.39 is 0 Å². The molecule has 2 N–H and O–H groups in total. The van der Waals surface area contributed by atoms with Crippen molar-refractivity contribution in [2.45, 2.75) is 46.5 Å². The molecule has 84 valence electrons. The van der Waals surface area contributed by atoms with E-state index in [1.165, 1.54) is 0 Å². The van der Waals surface area contributed by atoms with E-state index in [1.54, 1.807) is 6.07 Å². The van der Waals surface area contributed by atoms with Crippen LogP contribution in [0.2, 0.25) is 0 Å². The van der Waals surface area contributed by atoms with Gasteiger partial charge in [-0.3, -0.25) is 0 Å². The molecule has 0 fully saturated rings. The van der Waals surface area contributed by atoms with Crippen LogP contribution in [0.3, 0.4) is 0 Å². The number of benzene rings is 1. The molecule has 0 radical (unpaired) electrons. The first-order valence-corrected chi connectivity index (χ1v) is 5.65. The van der Waals surface area contributed by atoms with Gasteiger partial charge < -0.3 is 10.2 Å². The van der Waals surface area contributed by atoms with E-state index in [2.05, 4.69) is 6.92 Å². The van der Waals surface area contributed by atoms with Crippen molar-refractivity contribution in [2.24, 2.45) is 0 Å². The first-order chi connectivity index (χ1) is 7.11. The van der Waals surface area contributed by atoms with E-state index in [-0.39, 0.29) is 0 Å². The summed E-state index contributed by atoms with van der Waals surface area (Å²) in [6, 6.07) is 1.69. The second-order valence-corrected chi connectivity index (χ2v) is 3.96. The number of phenols is 2. The van der Waals surface area contributed by atoms with Gasteiger partial charge in [0.05, 0.1) is 0 Å². The predicted octanol–water partition coefficient (Wildman–Crippen LogP) is 3.31. The molecule has 1 aromatic rings. The standard InChI is InChI=1S/C13H20O2/c1-4-6-7-10-8-12(14)9(3)11(5-2)13(10)15/h8,14-15H,4-7H2,1-3H3. The van der Waals surface area contributed by atoms with Gasteiger partial charge in [-0.25, -0.2) is 0 Å². The average Bonchev–Trinajstić information content (AvgIpc) is 2.22. The van der Waals surface area contributed by atoms with Crippen molar-refractivity contribution in [3.05, 3.63) is 22.8 Å². The smallest absolute Gasteiger partial charge is 0.122 e. The lowest BCUT2D eigenvalue weighted by atomic mass is 9.97. The first-order valence-electron chi connectivity index (χ1n) is 5.65. The zero-order valence-electron chi connectivity index (χ0n) is 9.80. The van der Waals surface area contributed by atoms with Crippen LogP contribution in [-0.2, 0) is 12.8 Å². The third-order valence-corrected chi connectivity index (χ3v) is 2.89. The van der Waals surface area contributed by atoms with Crippen molar-refractivity contribution in [1.82, 2.24) is 0 Å². The number of phenolic OH excluding ortho intramolecular Hbond substituents is 2. The van der Waals surface area contributed by atoms with Crippen LogP contribution >= 0.6 is 0 Å². The minimum atomic E-state index is 0.302. The zero-order chi connectivity index (χ0) is 11.4. The fourth-order valence-electron chi connectivity index (χ4n) is 1.86. The molecule has 0 aliphatic heterocycles. The van der Waals surface area contributed by atoms with Gasteiger partial charge in [0.1, 0.15) is 11.5 Å². The second-order valence-electron chi connectivity index (χ2n) is 3.96. The first kappa shape index (κ1) is 11.9. The number of aromatic hydroxyl groups is 2. The SMILES string of the molecule is CCCCc1cc(O)c(C)c(CC)c1O. The molecule has 2 nitrogen and oxygen atoms in total. The van der Waals surface area contributed by atoms with Crippen LogP contribution in [0.1, 0.15) is 43.4 Å². The summed E-state index contributed by atoms with van der Waals surface area (Å²) in [6.45, 7) is 5.95. The second kappa shape index (κ2) is 5.06. The number of aryl methyl sites for hydroxylation is 1. The molecule has 0 aliphatic rings. The Labute approximate surface area is 91.6 Å². The van der Waals surface area contributed by atoms with Crippen LogP contribution < -0.4 is 0 Å². The topological polar surface area (TPSA) is 40.5 Å². The largest absolute Gasteiger partial charge is 0.508 e. The summed E-state index contributed by atoms with van der Waals surface area (Å²) in [5, 5.41) is 19.7. The van der Waals surface area contributed by atoms with Gasteiger partial charge in [-0.1, -0.05) is 20.3 Å². The van der Waals surface area contributed by atoms with E-state index in [0.29, 0.717) is 11.5 Å². The minimum Gasteiger partial charge on any atom is -0.508 e. The van der Waals surface area contributed by atoms with E-state index in [1.807, 2.05) is 13.8 Å². The van der Waals surface area contributed by atoms with Crippen molar-refractivity contribution in [3.8, 4) is 11.5 Å². The maximum absolute atomic E-state index is 10.0. The van der Waals surface area contributed by atoms with E-state index in [9.17, 15) is 10.2 Å². The monoisotopic (exact) mass is 208 g/mol. The van der Waals surface area contributed by atoms with Gasteiger partial charge in [-0.05, 0) is 43.4 Å². The molecular weight excluding hydrogens is 188 g/mol. The van der Waals surface area contributed by atoms with Crippen LogP contribution in [0.25, 0.3) is 0 Å². The van der Waals surface area contributed by atoms with Crippen LogP contribution in [0, 0.1) is 6.92 Å². The lowest BCUT2D eigenvalue weighted by molar-refractivity contribution is 0.444. The maximum atomic E-state index is 10.0. The lowest BCUT2D eigenvalue weighted by Crippen LogP contribution is -1.94. The molecule has 0 unspecified atom stereocenters. The molecule has 0 aromatic heterocycles. The van der Waals surface area contributed by atoms with Gasteiger partial charge in [-0.15, -0.1) is 0 Å². The summed E-state index contributed by atoms with van der Waals surface area (Å²) in [5.74, 6) is 0.678. The number of unbranched alkanes of at least 4 members (excludes halogenated alkanes) is 1.